The van der Waals surface area contributed by atoms with Crippen LogP contribution >= 0.6 is 11.8 Å². The van der Waals surface area contributed by atoms with E-state index < -0.39 is 24.0 Å². The van der Waals surface area contributed by atoms with Gasteiger partial charge in [-0.2, -0.15) is 0 Å². The van der Waals surface area contributed by atoms with E-state index in [2.05, 4.69) is 5.32 Å². The van der Waals surface area contributed by atoms with Crippen molar-refractivity contribution >= 4 is 29.7 Å². The van der Waals surface area contributed by atoms with E-state index in [1.165, 1.54) is 25.7 Å². The number of rotatable bonds is 6. The van der Waals surface area contributed by atoms with Crippen molar-refractivity contribution in [2.24, 2.45) is 0 Å². The molecule has 2 N–H and O–H groups in total. The summed E-state index contributed by atoms with van der Waals surface area (Å²) in [5.41, 5.74) is 0. The lowest BCUT2D eigenvalue weighted by Gasteiger charge is -2.12. The molecule has 0 fully saturated rings. The molecule has 0 aliphatic carbocycles. The number of urea groups is 1. The summed E-state index contributed by atoms with van der Waals surface area (Å²) in [7, 11) is 2.95. The van der Waals surface area contributed by atoms with Gasteiger partial charge >= 0.3 is 12.0 Å². The van der Waals surface area contributed by atoms with Crippen molar-refractivity contribution in [1.82, 2.24) is 10.6 Å². The van der Waals surface area contributed by atoms with Crippen molar-refractivity contribution in [2.45, 2.75) is 17.9 Å². The van der Waals surface area contributed by atoms with Gasteiger partial charge in [0.1, 0.15) is 5.75 Å². The SMILES string of the molecule is CNC(=O)NC(=O)[C@H](C)OC(=O)CSc1ccc(OC)cc1. The van der Waals surface area contributed by atoms with Gasteiger partial charge in [-0.15, -0.1) is 11.8 Å². The summed E-state index contributed by atoms with van der Waals surface area (Å²) in [5, 5.41) is 4.27. The molecule has 22 heavy (non-hydrogen) atoms. The molecule has 0 aliphatic rings. The van der Waals surface area contributed by atoms with E-state index >= 15 is 0 Å². The molecule has 0 spiro atoms. The van der Waals surface area contributed by atoms with Gasteiger partial charge in [-0.25, -0.2) is 4.79 Å². The lowest BCUT2D eigenvalue weighted by molar-refractivity contribution is -0.151. The van der Waals surface area contributed by atoms with Crippen molar-refractivity contribution in [3.63, 3.8) is 0 Å². The fourth-order valence-corrected chi connectivity index (χ4v) is 2.06. The molecule has 0 radical (unpaired) electrons. The maximum absolute atomic E-state index is 11.7. The van der Waals surface area contributed by atoms with E-state index in [0.717, 1.165) is 10.6 Å². The van der Waals surface area contributed by atoms with E-state index in [-0.39, 0.29) is 5.75 Å². The van der Waals surface area contributed by atoms with Crippen LogP contribution in [-0.4, -0.2) is 43.9 Å². The van der Waals surface area contributed by atoms with Crippen LogP contribution in [0.2, 0.25) is 0 Å². The highest BCUT2D eigenvalue weighted by molar-refractivity contribution is 8.00. The predicted octanol–water partition coefficient (Wildman–Crippen LogP) is 1.17. The Bertz CT molecular complexity index is 533. The van der Waals surface area contributed by atoms with Gasteiger partial charge in [-0.05, 0) is 31.2 Å². The first-order valence-corrected chi connectivity index (χ1v) is 7.43. The Balaban J connectivity index is 2.38. The Morgan fingerprint density at radius 3 is 2.41 bits per heavy atom. The van der Waals surface area contributed by atoms with Gasteiger partial charge in [-0.3, -0.25) is 14.9 Å². The summed E-state index contributed by atoms with van der Waals surface area (Å²) >= 11 is 1.28. The lowest BCUT2D eigenvalue weighted by Crippen LogP contribution is -2.43. The number of hydrogen-bond donors (Lipinski definition) is 2. The van der Waals surface area contributed by atoms with Crippen LogP contribution in [0.1, 0.15) is 6.92 Å². The van der Waals surface area contributed by atoms with Gasteiger partial charge in [0, 0.05) is 11.9 Å². The number of nitrogens with one attached hydrogen (secondary N) is 2. The van der Waals surface area contributed by atoms with E-state index in [1.54, 1.807) is 19.2 Å². The van der Waals surface area contributed by atoms with Gasteiger partial charge < -0.3 is 14.8 Å². The fraction of sp³-hybridized carbons (Fsp3) is 0.357. The third kappa shape index (κ3) is 6.04. The monoisotopic (exact) mass is 326 g/mol. The number of methoxy groups -OCH3 is 1. The van der Waals surface area contributed by atoms with Gasteiger partial charge in [0.2, 0.25) is 0 Å². The van der Waals surface area contributed by atoms with Gasteiger partial charge in [0.15, 0.2) is 6.10 Å². The maximum atomic E-state index is 11.7. The average Bonchev–Trinajstić information content (AvgIpc) is 2.53. The summed E-state index contributed by atoms with van der Waals surface area (Å²) in [5.74, 6) is -0.432. The second kappa shape index (κ2) is 8.93. The molecule has 0 saturated heterocycles. The highest BCUT2D eigenvalue weighted by atomic mass is 32.2. The first-order valence-electron chi connectivity index (χ1n) is 6.45. The Labute approximate surface area is 132 Å². The van der Waals surface area contributed by atoms with E-state index in [1.807, 2.05) is 17.4 Å². The fourth-order valence-electron chi connectivity index (χ4n) is 1.37. The number of imide groups is 1. The molecule has 0 bridgehead atoms. The zero-order valence-corrected chi connectivity index (χ0v) is 13.4. The smallest absolute Gasteiger partial charge is 0.321 e. The van der Waals surface area contributed by atoms with E-state index in [4.69, 9.17) is 9.47 Å². The molecule has 1 aromatic carbocycles. The van der Waals surface area contributed by atoms with Crippen molar-refractivity contribution in [2.75, 3.05) is 19.9 Å². The Hall–Kier alpha value is -2.22. The Morgan fingerprint density at radius 1 is 1.23 bits per heavy atom. The molecule has 8 heteroatoms. The number of carbonyl (C=O) groups is 3. The van der Waals surface area contributed by atoms with E-state index in [0.29, 0.717) is 0 Å². The van der Waals surface area contributed by atoms with Crippen LogP contribution in [0, 0.1) is 0 Å². The number of esters is 1. The van der Waals surface area contributed by atoms with Crippen LogP contribution in [0.5, 0.6) is 5.75 Å². The van der Waals surface area contributed by atoms with Crippen LogP contribution < -0.4 is 15.4 Å². The van der Waals surface area contributed by atoms with Gasteiger partial charge in [0.25, 0.3) is 5.91 Å². The zero-order chi connectivity index (χ0) is 16.5. The third-order valence-corrected chi connectivity index (χ3v) is 3.54. The molecule has 0 aliphatic heterocycles. The molecule has 3 amide bonds. The molecule has 120 valence electrons. The van der Waals surface area contributed by atoms with Crippen LogP contribution in [0.4, 0.5) is 4.79 Å². The minimum absolute atomic E-state index is 0.0594. The number of thioether (sulfide) groups is 1. The predicted molar refractivity (Wildman–Crippen MR) is 81.9 cm³/mol. The van der Waals surface area contributed by atoms with E-state index in [9.17, 15) is 14.4 Å². The zero-order valence-electron chi connectivity index (χ0n) is 12.5. The summed E-state index contributed by atoms with van der Waals surface area (Å²) in [6.07, 6.45) is -1.04. The third-order valence-electron chi connectivity index (χ3n) is 2.56. The Kier molecular flexibility index (Phi) is 7.24. The first-order chi connectivity index (χ1) is 10.5. The summed E-state index contributed by atoms with van der Waals surface area (Å²) in [6.45, 7) is 1.40. The molecule has 0 saturated carbocycles. The van der Waals surface area contributed by atoms with Gasteiger partial charge in [0.05, 0.1) is 12.9 Å². The number of ether oxygens (including phenoxy) is 2. The second-order valence-electron chi connectivity index (χ2n) is 4.16. The maximum Gasteiger partial charge on any atom is 0.321 e. The van der Waals surface area contributed by atoms with Crippen molar-refractivity contribution in [3.8, 4) is 5.75 Å². The summed E-state index contributed by atoms with van der Waals surface area (Å²) in [6, 6.07) is 6.55. The molecule has 1 rings (SSSR count). The topological polar surface area (TPSA) is 93.7 Å². The van der Waals surface area contributed by atoms with Gasteiger partial charge in [-0.1, -0.05) is 0 Å². The summed E-state index contributed by atoms with van der Waals surface area (Å²) in [4.78, 5) is 35.0. The van der Waals surface area contributed by atoms with Crippen molar-refractivity contribution < 1.29 is 23.9 Å². The normalized spacial score (nSPS) is 11.2. The second-order valence-corrected chi connectivity index (χ2v) is 5.21. The highest BCUT2D eigenvalue weighted by Crippen LogP contribution is 2.21. The van der Waals surface area contributed by atoms with Crippen molar-refractivity contribution in [1.29, 1.82) is 0 Å². The molecular weight excluding hydrogens is 308 g/mol. The lowest BCUT2D eigenvalue weighted by atomic mass is 10.3. The van der Waals surface area contributed by atoms with Crippen LogP contribution in [0.3, 0.4) is 0 Å². The van der Waals surface area contributed by atoms with Crippen LogP contribution in [0.25, 0.3) is 0 Å². The highest BCUT2D eigenvalue weighted by Gasteiger charge is 2.19. The van der Waals surface area contributed by atoms with Crippen molar-refractivity contribution in [3.05, 3.63) is 24.3 Å². The average molecular weight is 326 g/mol. The van der Waals surface area contributed by atoms with Crippen LogP contribution in [-0.2, 0) is 14.3 Å². The molecule has 1 atom stereocenters. The number of carbonyl (C=O) groups excluding carboxylic acids is 3. The molecule has 0 aromatic heterocycles. The summed E-state index contributed by atoms with van der Waals surface area (Å²) < 4.78 is 9.98. The molecule has 0 unspecified atom stereocenters. The minimum Gasteiger partial charge on any atom is -0.497 e. The molecule has 1 aromatic rings. The molecular formula is C14H18N2O5S. The quantitative estimate of drug-likeness (QED) is 0.602. The number of benzene rings is 1. The number of hydrogen-bond acceptors (Lipinski definition) is 6. The first kappa shape index (κ1) is 17.8. The van der Waals surface area contributed by atoms with Crippen LogP contribution in [0.15, 0.2) is 29.2 Å². The standard InChI is InChI=1S/C14H18N2O5S/c1-9(13(18)16-14(19)15-2)21-12(17)8-22-11-6-4-10(20-3)5-7-11/h4-7,9H,8H2,1-3H3,(H2,15,16,18,19)/t9-/m0/s1. The molecule has 0 heterocycles. The Morgan fingerprint density at radius 2 is 1.86 bits per heavy atom. The number of amides is 3. The molecule has 7 nitrogen and oxygen atoms in total. The largest absolute Gasteiger partial charge is 0.497 e. The minimum atomic E-state index is -1.04.